The number of hydrogen-bond donors (Lipinski definition) is 2. The van der Waals surface area contributed by atoms with Gasteiger partial charge in [0.25, 0.3) is 0 Å². The van der Waals surface area contributed by atoms with Crippen molar-refractivity contribution in [1.29, 1.82) is 0 Å². The minimum Gasteiger partial charge on any atom is -0.315 e. The van der Waals surface area contributed by atoms with Gasteiger partial charge in [-0.05, 0) is 24.9 Å². The van der Waals surface area contributed by atoms with Crippen molar-refractivity contribution in [2.75, 3.05) is 13.1 Å². The summed E-state index contributed by atoms with van der Waals surface area (Å²) in [5.74, 6) is 0. The van der Waals surface area contributed by atoms with Gasteiger partial charge in [-0.2, -0.15) is 0 Å². The van der Waals surface area contributed by atoms with Gasteiger partial charge in [0.1, 0.15) is 0 Å². The smallest absolute Gasteiger partial charge is 0.0208 e. The summed E-state index contributed by atoms with van der Waals surface area (Å²) in [7, 11) is 0. The first-order valence-corrected chi connectivity index (χ1v) is 5.43. The van der Waals surface area contributed by atoms with Crippen LogP contribution < -0.4 is 10.6 Å². The molecule has 0 amide bonds. The molecular formula is C12H18N2. The Bertz CT molecular complexity index is 252. The zero-order valence-electron chi connectivity index (χ0n) is 8.50. The van der Waals surface area contributed by atoms with Gasteiger partial charge in [0.15, 0.2) is 0 Å². The van der Waals surface area contributed by atoms with Crippen LogP contribution in [0.2, 0.25) is 0 Å². The standard InChI is InChI=1S/C12H18N2/c1-2-5-11(6-3-1)9-14-12-7-4-8-13-10-12/h1-3,5-6,12-14H,4,7-10H2. The minimum atomic E-state index is 0.656. The summed E-state index contributed by atoms with van der Waals surface area (Å²) in [6, 6.07) is 11.2. The molecule has 2 rings (SSSR count). The van der Waals surface area contributed by atoms with Crippen LogP contribution in [0.25, 0.3) is 0 Å². The summed E-state index contributed by atoms with van der Waals surface area (Å²) in [4.78, 5) is 0. The van der Waals surface area contributed by atoms with Gasteiger partial charge in [-0.1, -0.05) is 30.3 Å². The molecule has 1 saturated heterocycles. The summed E-state index contributed by atoms with van der Waals surface area (Å²) in [6.07, 6.45) is 2.60. The van der Waals surface area contributed by atoms with E-state index in [4.69, 9.17) is 0 Å². The molecule has 1 unspecified atom stereocenters. The maximum absolute atomic E-state index is 3.58. The zero-order chi connectivity index (χ0) is 9.64. The van der Waals surface area contributed by atoms with Crippen molar-refractivity contribution < 1.29 is 0 Å². The quantitative estimate of drug-likeness (QED) is 0.755. The largest absolute Gasteiger partial charge is 0.315 e. The van der Waals surface area contributed by atoms with Gasteiger partial charge in [0, 0.05) is 19.1 Å². The molecular weight excluding hydrogens is 172 g/mol. The minimum absolute atomic E-state index is 0.656. The third kappa shape index (κ3) is 2.82. The second-order valence-electron chi connectivity index (χ2n) is 3.91. The van der Waals surface area contributed by atoms with E-state index in [0.717, 1.165) is 13.1 Å². The van der Waals surface area contributed by atoms with Crippen LogP contribution in [0.4, 0.5) is 0 Å². The fourth-order valence-corrected chi connectivity index (χ4v) is 1.88. The van der Waals surface area contributed by atoms with Gasteiger partial charge < -0.3 is 10.6 Å². The molecule has 0 aliphatic carbocycles. The van der Waals surface area contributed by atoms with E-state index in [2.05, 4.69) is 41.0 Å². The first kappa shape index (κ1) is 9.69. The molecule has 2 nitrogen and oxygen atoms in total. The lowest BCUT2D eigenvalue weighted by Crippen LogP contribution is -2.42. The summed E-state index contributed by atoms with van der Waals surface area (Å²) in [5.41, 5.74) is 1.37. The Morgan fingerprint density at radius 3 is 2.86 bits per heavy atom. The van der Waals surface area contributed by atoms with Crippen LogP contribution in [0, 0.1) is 0 Å². The van der Waals surface area contributed by atoms with E-state index in [1.54, 1.807) is 0 Å². The van der Waals surface area contributed by atoms with Crippen molar-refractivity contribution in [2.45, 2.75) is 25.4 Å². The molecule has 1 aromatic carbocycles. The second-order valence-corrected chi connectivity index (χ2v) is 3.91. The monoisotopic (exact) mass is 190 g/mol. The molecule has 0 spiro atoms. The zero-order valence-corrected chi connectivity index (χ0v) is 8.50. The second kappa shape index (κ2) is 5.13. The number of hydrogen-bond acceptors (Lipinski definition) is 2. The molecule has 2 heteroatoms. The summed E-state index contributed by atoms with van der Waals surface area (Å²) in [6.45, 7) is 3.30. The van der Waals surface area contributed by atoms with Crippen molar-refractivity contribution in [1.82, 2.24) is 10.6 Å². The molecule has 1 heterocycles. The van der Waals surface area contributed by atoms with E-state index < -0.39 is 0 Å². The topological polar surface area (TPSA) is 24.1 Å². The van der Waals surface area contributed by atoms with Crippen LogP contribution >= 0.6 is 0 Å². The molecule has 1 aliphatic heterocycles. The van der Waals surface area contributed by atoms with Gasteiger partial charge in [-0.3, -0.25) is 0 Å². The molecule has 0 saturated carbocycles. The van der Waals surface area contributed by atoms with Gasteiger partial charge in [-0.15, -0.1) is 0 Å². The normalized spacial score (nSPS) is 22.1. The van der Waals surface area contributed by atoms with Gasteiger partial charge >= 0.3 is 0 Å². The average Bonchev–Trinajstić information content (AvgIpc) is 2.29. The summed E-state index contributed by atoms with van der Waals surface area (Å²) in [5, 5.41) is 6.98. The predicted molar refractivity (Wildman–Crippen MR) is 59.2 cm³/mol. The first-order chi connectivity index (χ1) is 6.95. The molecule has 76 valence electrons. The lowest BCUT2D eigenvalue weighted by atomic mass is 10.1. The lowest BCUT2D eigenvalue weighted by Gasteiger charge is -2.23. The highest BCUT2D eigenvalue weighted by atomic mass is 15.0. The molecule has 1 aromatic rings. The fourth-order valence-electron chi connectivity index (χ4n) is 1.88. The van der Waals surface area contributed by atoms with Crippen molar-refractivity contribution in [2.24, 2.45) is 0 Å². The van der Waals surface area contributed by atoms with E-state index >= 15 is 0 Å². The predicted octanol–water partition coefficient (Wildman–Crippen LogP) is 1.53. The van der Waals surface area contributed by atoms with Crippen molar-refractivity contribution >= 4 is 0 Å². The number of piperidine rings is 1. The summed E-state index contributed by atoms with van der Waals surface area (Å²) < 4.78 is 0. The van der Waals surface area contributed by atoms with Gasteiger partial charge in [0.05, 0.1) is 0 Å². The highest BCUT2D eigenvalue weighted by molar-refractivity contribution is 5.14. The van der Waals surface area contributed by atoms with E-state index in [9.17, 15) is 0 Å². The average molecular weight is 190 g/mol. The van der Waals surface area contributed by atoms with E-state index in [-0.39, 0.29) is 0 Å². The molecule has 2 N–H and O–H groups in total. The maximum Gasteiger partial charge on any atom is 0.0208 e. The molecule has 0 bridgehead atoms. The molecule has 0 radical (unpaired) electrons. The maximum atomic E-state index is 3.58. The van der Waals surface area contributed by atoms with E-state index in [1.807, 2.05) is 0 Å². The Balaban J connectivity index is 1.76. The third-order valence-electron chi connectivity index (χ3n) is 2.73. The molecule has 1 fully saturated rings. The summed E-state index contributed by atoms with van der Waals surface area (Å²) >= 11 is 0. The highest BCUT2D eigenvalue weighted by Crippen LogP contribution is 2.03. The highest BCUT2D eigenvalue weighted by Gasteiger charge is 2.11. The van der Waals surface area contributed by atoms with Crippen LogP contribution in [-0.2, 0) is 6.54 Å². The lowest BCUT2D eigenvalue weighted by molar-refractivity contribution is 0.389. The van der Waals surface area contributed by atoms with Crippen LogP contribution in [0.15, 0.2) is 30.3 Å². The van der Waals surface area contributed by atoms with Crippen LogP contribution in [0.1, 0.15) is 18.4 Å². The number of rotatable bonds is 3. The van der Waals surface area contributed by atoms with Crippen LogP contribution in [0.3, 0.4) is 0 Å². The number of nitrogens with one attached hydrogen (secondary N) is 2. The number of benzene rings is 1. The molecule has 14 heavy (non-hydrogen) atoms. The van der Waals surface area contributed by atoms with E-state index in [1.165, 1.54) is 24.9 Å². The molecule has 0 aromatic heterocycles. The Morgan fingerprint density at radius 1 is 1.29 bits per heavy atom. The van der Waals surface area contributed by atoms with Gasteiger partial charge in [0.2, 0.25) is 0 Å². The van der Waals surface area contributed by atoms with Crippen LogP contribution in [0.5, 0.6) is 0 Å². The Kier molecular flexibility index (Phi) is 3.55. The Labute approximate surface area is 85.7 Å². The van der Waals surface area contributed by atoms with Gasteiger partial charge in [-0.25, -0.2) is 0 Å². The van der Waals surface area contributed by atoms with Crippen molar-refractivity contribution in [3.63, 3.8) is 0 Å². The van der Waals surface area contributed by atoms with Crippen molar-refractivity contribution in [3.8, 4) is 0 Å². The Morgan fingerprint density at radius 2 is 2.14 bits per heavy atom. The fraction of sp³-hybridized carbons (Fsp3) is 0.500. The first-order valence-electron chi connectivity index (χ1n) is 5.43. The third-order valence-corrected chi connectivity index (χ3v) is 2.73. The molecule has 1 atom stereocenters. The SMILES string of the molecule is c1ccc(CNC2CCCNC2)cc1. The van der Waals surface area contributed by atoms with E-state index in [0.29, 0.717) is 6.04 Å². The van der Waals surface area contributed by atoms with Crippen molar-refractivity contribution in [3.05, 3.63) is 35.9 Å². The Hall–Kier alpha value is -0.860. The van der Waals surface area contributed by atoms with Crippen LogP contribution in [-0.4, -0.2) is 19.1 Å². The molecule has 1 aliphatic rings.